The number of aryl methyl sites for hydroxylation is 1. The van der Waals surface area contributed by atoms with Crippen molar-refractivity contribution in [1.82, 2.24) is 25.4 Å². The van der Waals surface area contributed by atoms with Crippen LogP contribution in [0.1, 0.15) is 25.6 Å². The van der Waals surface area contributed by atoms with Crippen LogP contribution in [-0.2, 0) is 6.42 Å². The fraction of sp³-hybridized carbons (Fsp3) is 0.308. The van der Waals surface area contributed by atoms with Crippen LogP contribution in [0.3, 0.4) is 0 Å². The molecule has 0 radical (unpaired) electrons. The summed E-state index contributed by atoms with van der Waals surface area (Å²) in [5.74, 6) is 1.11. The minimum Gasteiger partial charge on any atom is -0.349 e. The van der Waals surface area contributed by atoms with Crippen molar-refractivity contribution in [3.05, 3.63) is 42.5 Å². The lowest BCUT2D eigenvalue weighted by Gasteiger charge is -1.90. The Morgan fingerprint density at radius 2 is 1.83 bits per heavy atom. The zero-order valence-corrected chi connectivity index (χ0v) is 10.4. The van der Waals surface area contributed by atoms with Gasteiger partial charge in [-0.3, -0.25) is 0 Å². The van der Waals surface area contributed by atoms with Crippen molar-refractivity contribution in [1.29, 1.82) is 0 Å². The van der Waals surface area contributed by atoms with Crippen molar-refractivity contribution < 1.29 is 0 Å². The summed E-state index contributed by atoms with van der Waals surface area (Å²) in [6.07, 6.45) is 7.22. The van der Waals surface area contributed by atoms with Gasteiger partial charge in [-0.25, -0.2) is 4.98 Å². The summed E-state index contributed by atoms with van der Waals surface area (Å²) in [6, 6.07) is 7.70. The quantitative estimate of drug-likeness (QED) is 0.743. The highest BCUT2D eigenvalue weighted by atomic mass is 15.3. The second-order valence-electron chi connectivity index (χ2n) is 3.95. The van der Waals surface area contributed by atoms with E-state index in [4.69, 9.17) is 0 Å². The van der Waals surface area contributed by atoms with Crippen molar-refractivity contribution in [2.24, 2.45) is 0 Å². The van der Waals surface area contributed by atoms with Gasteiger partial charge >= 0.3 is 0 Å². The average Bonchev–Trinajstić information content (AvgIpc) is 3.08. The first-order valence-electron chi connectivity index (χ1n) is 6.14. The fourth-order valence-corrected chi connectivity index (χ4v) is 1.56. The zero-order valence-electron chi connectivity index (χ0n) is 10.4. The Kier molecular flexibility index (Phi) is 4.46. The zero-order chi connectivity index (χ0) is 12.6. The molecule has 2 aromatic heterocycles. The largest absolute Gasteiger partial charge is 0.349 e. The van der Waals surface area contributed by atoms with Crippen molar-refractivity contribution in [2.45, 2.75) is 26.2 Å². The van der Waals surface area contributed by atoms with Gasteiger partial charge in [-0.05, 0) is 18.6 Å². The van der Waals surface area contributed by atoms with E-state index < -0.39 is 0 Å². The predicted octanol–water partition coefficient (Wildman–Crippen LogP) is 2.71. The summed E-state index contributed by atoms with van der Waals surface area (Å²) in [7, 11) is 0. The lowest BCUT2D eigenvalue weighted by Crippen LogP contribution is -1.85. The van der Waals surface area contributed by atoms with Crippen LogP contribution in [0, 0.1) is 0 Å². The second-order valence-corrected chi connectivity index (χ2v) is 3.95. The minimum atomic E-state index is 0.914. The molecule has 0 aliphatic heterocycles. The van der Waals surface area contributed by atoms with Gasteiger partial charge in [0.15, 0.2) is 0 Å². The number of benzene rings is 1. The molecule has 18 heavy (non-hydrogen) atoms. The Hall–Kier alpha value is -2.17. The van der Waals surface area contributed by atoms with E-state index in [-0.39, 0.29) is 0 Å². The van der Waals surface area contributed by atoms with Gasteiger partial charge in [0.05, 0.1) is 0 Å². The Labute approximate surface area is 106 Å². The molecule has 3 aromatic rings. The lowest BCUT2D eigenvalue weighted by atomic mass is 10.2. The molecule has 1 aromatic carbocycles. The van der Waals surface area contributed by atoms with Gasteiger partial charge < -0.3 is 4.98 Å². The molecule has 0 saturated carbocycles. The van der Waals surface area contributed by atoms with E-state index in [2.05, 4.69) is 32.3 Å². The number of H-pyrrole nitrogens is 2. The first-order chi connectivity index (χ1) is 8.90. The number of imidazole rings is 1. The van der Waals surface area contributed by atoms with Gasteiger partial charge in [0.2, 0.25) is 0 Å². The van der Waals surface area contributed by atoms with Gasteiger partial charge in [-0.2, -0.15) is 15.4 Å². The number of nitrogens with one attached hydrogen (secondary N) is 2. The van der Waals surface area contributed by atoms with Gasteiger partial charge in [-0.15, -0.1) is 0 Å². The van der Waals surface area contributed by atoms with Gasteiger partial charge in [0, 0.05) is 18.8 Å². The summed E-state index contributed by atoms with van der Waals surface area (Å²) in [6.45, 7) is 2.18. The number of rotatable bonds is 3. The van der Waals surface area contributed by atoms with Crippen LogP contribution in [0.5, 0.6) is 0 Å². The highest BCUT2D eigenvalue weighted by Gasteiger charge is 1.91. The van der Waals surface area contributed by atoms with E-state index in [9.17, 15) is 0 Å². The number of aromatic amines is 2. The lowest BCUT2D eigenvalue weighted by molar-refractivity contribution is 0.762. The molecule has 0 fully saturated rings. The monoisotopic (exact) mass is 243 g/mol. The van der Waals surface area contributed by atoms with Crippen molar-refractivity contribution in [2.75, 3.05) is 0 Å². The minimum absolute atomic E-state index is 0.914. The predicted molar refractivity (Wildman–Crippen MR) is 71.1 cm³/mol. The van der Waals surface area contributed by atoms with Gasteiger partial charge in [0.1, 0.15) is 16.9 Å². The van der Waals surface area contributed by atoms with Crippen molar-refractivity contribution in [3.63, 3.8) is 0 Å². The molecule has 0 amide bonds. The smallest absolute Gasteiger partial charge is 0.112 e. The maximum atomic E-state index is 4.10. The van der Waals surface area contributed by atoms with Crippen LogP contribution < -0.4 is 0 Å². The Balaban J connectivity index is 0.000000134. The number of para-hydroxylation sites is 2. The van der Waals surface area contributed by atoms with Crippen LogP contribution >= 0.6 is 0 Å². The topological polar surface area (TPSA) is 70.2 Å². The van der Waals surface area contributed by atoms with E-state index in [0.717, 1.165) is 23.3 Å². The molecular formula is C13H17N5. The first kappa shape index (κ1) is 12.3. The van der Waals surface area contributed by atoms with E-state index in [1.807, 2.05) is 30.5 Å². The van der Waals surface area contributed by atoms with Gasteiger partial charge in [-0.1, -0.05) is 25.5 Å². The Morgan fingerprint density at radius 1 is 1.11 bits per heavy atom. The standard InChI is InChI=1S/C7H12N2.C6H5N3/c1-2-3-4-7-8-5-6-9-7;1-2-4-6-5(3-1)7-9-8-6/h5-6H,2-4H2,1H3,(H,8,9);1-4H,(H,7,8,9). The van der Waals surface area contributed by atoms with Crippen LogP contribution in [0.4, 0.5) is 0 Å². The molecule has 0 spiro atoms. The van der Waals surface area contributed by atoms with E-state index in [1.54, 1.807) is 6.20 Å². The van der Waals surface area contributed by atoms with Crippen LogP contribution in [-0.4, -0.2) is 25.4 Å². The van der Waals surface area contributed by atoms with E-state index in [0.29, 0.717) is 0 Å². The molecule has 0 bridgehead atoms. The van der Waals surface area contributed by atoms with Crippen LogP contribution in [0.2, 0.25) is 0 Å². The Bertz CT molecular complexity index is 525. The number of hydrogen-bond acceptors (Lipinski definition) is 3. The summed E-state index contributed by atoms with van der Waals surface area (Å²) >= 11 is 0. The maximum absolute atomic E-state index is 4.10. The molecule has 0 aliphatic rings. The van der Waals surface area contributed by atoms with Crippen LogP contribution in [0.25, 0.3) is 11.0 Å². The molecule has 2 heterocycles. The number of unbranched alkanes of at least 4 members (excludes halogenated alkanes) is 1. The molecule has 2 N–H and O–H groups in total. The average molecular weight is 243 g/mol. The molecular weight excluding hydrogens is 226 g/mol. The number of aromatic nitrogens is 5. The SMILES string of the molecule is CCCCc1ncc[nH]1.c1ccc2n[nH]nc2c1. The fourth-order valence-electron chi connectivity index (χ4n) is 1.56. The molecule has 0 aliphatic carbocycles. The van der Waals surface area contributed by atoms with Crippen molar-refractivity contribution in [3.8, 4) is 0 Å². The number of nitrogens with zero attached hydrogens (tertiary/aromatic N) is 3. The number of hydrogen-bond donors (Lipinski definition) is 2. The highest BCUT2D eigenvalue weighted by molar-refractivity contribution is 5.72. The molecule has 0 unspecified atom stereocenters. The summed E-state index contributed by atoms with van der Waals surface area (Å²) < 4.78 is 0. The maximum Gasteiger partial charge on any atom is 0.112 e. The molecule has 94 valence electrons. The number of fused-ring (bicyclic) bond motifs is 1. The normalized spacial score (nSPS) is 10.1. The van der Waals surface area contributed by atoms with Crippen molar-refractivity contribution >= 4 is 11.0 Å². The summed E-state index contributed by atoms with van der Waals surface area (Å²) in [5, 5.41) is 10.3. The molecule has 3 rings (SSSR count). The summed E-state index contributed by atoms with van der Waals surface area (Å²) in [5.41, 5.74) is 1.83. The van der Waals surface area contributed by atoms with E-state index in [1.165, 1.54) is 12.8 Å². The van der Waals surface area contributed by atoms with Crippen LogP contribution in [0.15, 0.2) is 36.7 Å². The molecule has 0 atom stereocenters. The summed E-state index contributed by atoms with van der Waals surface area (Å²) in [4.78, 5) is 7.16. The third kappa shape index (κ3) is 3.41. The Morgan fingerprint density at radius 3 is 2.39 bits per heavy atom. The second kappa shape index (κ2) is 6.54. The molecule has 5 heteroatoms. The molecule has 0 saturated heterocycles. The van der Waals surface area contributed by atoms with Gasteiger partial charge in [0.25, 0.3) is 0 Å². The highest BCUT2D eigenvalue weighted by Crippen LogP contribution is 2.03. The van der Waals surface area contributed by atoms with E-state index >= 15 is 0 Å². The third-order valence-corrected chi connectivity index (χ3v) is 2.54. The first-order valence-corrected chi connectivity index (χ1v) is 6.14. The molecule has 5 nitrogen and oxygen atoms in total. The third-order valence-electron chi connectivity index (χ3n) is 2.54.